The zero-order chi connectivity index (χ0) is 17.7. The van der Waals surface area contributed by atoms with Crippen LogP contribution < -0.4 is 10.1 Å². The molecule has 142 valence electrons. The van der Waals surface area contributed by atoms with Gasteiger partial charge >= 0.3 is 0 Å². The smallest absolute Gasteiger partial charge is 0.255 e. The number of carbonyl (C=O) groups excluding carboxylic acids is 1. The lowest BCUT2D eigenvalue weighted by Gasteiger charge is -2.33. The maximum atomic E-state index is 12.2. The second kappa shape index (κ2) is 9.59. The number of rotatable bonds is 6. The van der Waals surface area contributed by atoms with Crippen molar-refractivity contribution in [3.05, 3.63) is 28.8 Å². The summed E-state index contributed by atoms with van der Waals surface area (Å²) in [5.74, 6) is 0.225. The van der Waals surface area contributed by atoms with Gasteiger partial charge in [0, 0.05) is 44.3 Å². The van der Waals surface area contributed by atoms with Crippen molar-refractivity contribution < 1.29 is 17.9 Å². The summed E-state index contributed by atoms with van der Waals surface area (Å²) in [5, 5.41) is 3.31. The van der Waals surface area contributed by atoms with Crippen LogP contribution in [0.1, 0.15) is 10.4 Å². The number of hydrogen-bond donors (Lipinski definition) is 1. The lowest BCUT2D eigenvalue weighted by atomic mass is 10.2. The molecule has 1 aromatic carbocycles. The van der Waals surface area contributed by atoms with Crippen molar-refractivity contribution in [3.8, 4) is 5.75 Å². The quantitative estimate of drug-likeness (QED) is 0.757. The highest BCUT2D eigenvalue weighted by Gasteiger charge is 2.23. The standard InChI is InChI=1S/C15H22ClN3O4S.ClH/c1-23-14-4-3-12(16)11-13(14)15(20)17-5-6-18-7-9-19(10-8-18)24(2,21)22;/h3-4,11H,5-10H2,1-2H3,(H,17,20);1H. The Balaban J connectivity index is 0.00000312. The van der Waals surface area contributed by atoms with Crippen LogP contribution in [-0.4, -0.2) is 76.2 Å². The van der Waals surface area contributed by atoms with Crippen LogP contribution in [0.4, 0.5) is 0 Å². The molecule has 0 aromatic heterocycles. The van der Waals surface area contributed by atoms with E-state index in [2.05, 4.69) is 10.2 Å². The molecule has 1 amide bonds. The maximum absolute atomic E-state index is 12.2. The molecule has 0 unspecified atom stereocenters. The molecule has 1 saturated heterocycles. The van der Waals surface area contributed by atoms with E-state index in [4.69, 9.17) is 16.3 Å². The predicted molar refractivity (Wildman–Crippen MR) is 100 cm³/mol. The Morgan fingerprint density at radius 3 is 2.48 bits per heavy atom. The fourth-order valence-corrected chi connectivity index (χ4v) is 3.56. The van der Waals surface area contributed by atoms with Crippen molar-refractivity contribution in [2.45, 2.75) is 0 Å². The van der Waals surface area contributed by atoms with Crippen LogP contribution >= 0.6 is 24.0 Å². The van der Waals surface area contributed by atoms with Crippen LogP contribution in [0, 0.1) is 0 Å². The Morgan fingerprint density at radius 1 is 1.28 bits per heavy atom. The molecular weight excluding hydrogens is 389 g/mol. The summed E-state index contributed by atoms with van der Waals surface area (Å²) in [6, 6.07) is 4.89. The molecule has 1 N–H and O–H groups in total. The Bertz CT molecular complexity index is 692. The molecule has 2 rings (SSSR count). The third kappa shape index (κ3) is 6.31. The number of piperazine rings is 1. The number of ether oxygens (including phenoxy) is 1. The normalized spacial score (nSPS) is 16.1. The summed E-state index contributed by atoms with van der Waals surface area (Å²) in [6.45, 7) is 3.40. The van der Waals surface area contributed by atoms with Crippen LogP contribution in [0.2, 0.25) is 5.02 Å². The molecule has 25 heavy (non-hydrogen) atoms. The minimum atomic E-state index is -3.12. The summed E-state index contributed by atoms with van der Waals surface area (Å²) < 4.78 is 29.6. The van der Waals surface area contributed by atoms with Gasteiger partial charge in [-0.25, -0.2) is 8.42 Å². The fourth-order valence-electron chi connectivity index (χ4n) is 2.57. The number of carbonyl (C=O) groups is 1. The predicted octanol–water partition coefficient (Wildman–Crippen LogP) is 1.08. The molecule has 1 aromatic rings. The minimum absolute atomic E-state index is 0. The third-order valence-electron chi connectivity index (χ3n) is 3.92. The van der Waals surface area contributed by atoms with Gasteiger partial charge in [0.15, 0.2) is 0 Å². The molecule has 1 aliphatic rings. The largest absolute Gasteiger partial charge is 0.496 e. The number of hydrogen-bond acceptors (Lipinski definition) is 5. The number of halogens is 2. The molecule has 0 aliphatic carbocycles. The van der Waals surface area contributed by atoms with Gasteiger partial charge in [-0.1, -0.05) is 11.6 Å². The first-order valence-electron chi connectivity index (χ1n) is 7.60. The highest BCUT2D eigenvalue weighted by molar-refractivity contribution is 7.88. The van der Waals surface area contributed by atoms with Crippen LogP contribution in [0.15, 0.2) is 18.2 Å². The topological polar surface area (TPSA) is 79.0 Å². The van der Waals surface area contributed by atoms with Gasteiger partial charge in [-0.15, -0.1) is 12.4 Å². The van der Waals surface area contributed by atoms with E-state index in [1.165, 1.54) is 17.7 Å². The second-order valence-corrected chi connectivity index (χ2v) is 8.02. The molecule has 0 bridgehead atoms. The Morgan fingerprint density at radius 2 is 1.92 bits per heavy atom. The van der Waals surface area contributed by atoms with Gasteiger partial charge in [-0.3, -0.25) is 9.69 Å². The molecule has 7 nitrogen and oxygen atoms in total. The van der Waals surface area contributed by atoms with Crippen molar-refractivity contribution in [3.63, 3.8) is 0 Å². The molecule has 1 fully saturated rings. The van der Waals surface area contributed by atoms with Gasteiger partial charge in [0.05, 0.1) is 18.9 Å². The van der Waals surface area contributed by atoms with Crippen LogP contribution in [-0.2, 0) is 10.0 Å². The molecule has 0 spiro atoms. The Kier molecular flexibility index (Phi) is 8.43. The number of benzene rings is 1. The van der Waals surface area contributed by atoms with E-state index in [0.717, 1.165) is 0 Å². The van der Waals surface area contributed by atoms with E-state index in [1.54, 1.807) is 18.2 Å². The SMILES string of the molecule is COc1ccc(Cl)cc1C(=O)NCCN1CCN(S(C)(=O)=O)CC1.Cl. The van der Waals surface area contributed by atoms with Crippen LogP contribution in [0.3, 0.4) is 0 Å². The monoisotopic (exact) mass is 411 g/mol. The van der Waals surface area contributed by atoms with Gasteiger partial charge in [-0.2, -0.15) is 4.31 Å². The lowest BCUT2D eigenvalue weighted by Crippen LogP contribution is -2.49. The highest BCUT2D eigenvalue weighted by atomic mass is 35.5. The number of nitrogens with zero attached hydrogens (tertiary/aromatic N) is 2. The molecule has 0 radical (unpaired) electrons. The first-order chi connectivity index (χ1) is 11.3. The molecule has 1 aliphatic heterocycles. The van der Waals surface area contributed by atoms with Crippen molar-refractivity contribution in [1.82, 2.24) is 14.5 Å². The van der Waals surface area contributed by atoms with Gasteiger partial charge < -0.3 is 10.1 Å². The zero-order valence-corrected chi connectivity index (χ0v) is 16.6. The van der Waals surface area contributed by atoms with E-state index in [1.807, 2.05) is 0 Å². The second-order valence-electron chi connectivity index (χ2n) is 5.60. The number of sulfonamides is 1. The zero-order valence-electron chi connectivity index (χ0n) is 14.2. The summed E-state index contributed by atoms with van der Waals surface area (Å²) in [4.78, 5) is 14.4. The van der Waals surface area contributed by atoms with Crippen molar-refractivity contribution in [2.24, 2.45) is 0 Å². The van der Waals surface area contributed by atoms with Crippen molar-refractivity contribution in [2.75, 3.05) is 52.6 Å². The van der Waals surface area contributed by atoms with Gasteiger partial charge in [-0.05, 0) is 18.2 Å². The first kappa shape index (κ1) is 22.0. The van der Waals surface area contributed by atoms with E-state index in [9.17, 15) is 13.2 Å². The Hall–Kier alpha value is -1.06. The van der Waals surface area contributed by atoms with E-state index in [0.29, 0.717) is 55.6 Å². The fraction of sp³-hybridized carbons (Fsp3) is 0.533. The van der Waals surface area contributed by atoms with Crippen LogP contribution in [0.5, 0.6) is 5.75 Å². The maximum Gasteiger partial charge on any atom is 0.255 e. The Labute approximate surface area is 159 Å². The molecule has 0 saturated carbocycles. The minimum Gasteiger partial charge on any atom is -0.496 e. The molecule has 10 heteroatoms. The van der Waals surface area contributed by atoms with Gasteiger partial charge in [0.1, 0.15) is 5.75 Å². The summed E-state index contributed by atoms with van der Waals surface area (Å²) in [7, 11) is -1.62. The van der Waals surface area contributed by atoms with Gasteiger partial charge in [0.25, 0.3) is 5.91 Å². The average Bonchev–Trinajstić information content (AvgIpc) is 2.54. The van der Waals surface area contributed by atoms with E-state index >= 15 is 0 Å². The van der Waals surface area contributed by atoms with Crippen LogP contribution in [0.25, 0.3) is 0 Å². The van der Waals surface area contributed by atoms with Gasteiger partial charge in [0.2, 0.25) is 10.0 Å². The summed E-state index contributed by atoms with van der Waals surface area (Å²) in [5.41, 5.74) is 0.395. The highest BCUT2D eigenvalue weighted by Crippen LogP contribution is 2.22. The lowest BCUT2D eigenvalue weighted by molar-refractivity contribution is 0.0942. The first-order valence-corrected chi connectivity index (χ1v) is 9.83. The summed E-state index contributed by atoms with van der Waals surface area (Å²) in [6.07, 6.45) is 1.22. The average molecular weight is 412 g/mol. The number of amides is 1. The molecule has 1 heterocycles. The number of nitrogens with one attached hydrogen (secondary N) is 1. The third-order valence-corrected chi connectivity index (χ3v) is 5.46. The van der Waals surface area contributed by atoms with Crippen molar-refractivity contribution in [1.29, 1.82) is 0 Å². The molecule has 0 atom stereocenters. The van der Waals surface area contributed by atoms with E-state index in [-0.39, 0.29) is 18.3 Å². The number of methoxy groups -OCH3 is 1. The van der Waals surface area contributed by atoms with Crippen molar-refractivity contribution >= 4 is 39.9 Å². The molecular formula is C15H23Cl2N3O4S. The summed E-state index contributed by atoms with van der Waals surface area (Å²) >= 11 is 5.93. The van der Waals surface area contributed by atoms with E-state index < -0.39 is 10.0 Å².